The lowest BCUT2D eigenvalue weighted by Crippen LogP contribution is -2.51. The van der Waals surface area contributed by atoms with Gasteiger partial charge in [-0.1, -0.05) is 60.7 Å². The number of halogens is 1. The average Bonchev–Trinajstić information content (AvgIpc) is 2.94. The molecular formula is C29H37ClN2O6S. The molecule has 0 saturated heterocycles. The Hall–Kier alpha value is -2.95. The number of sulfone groups is 1. The van der Waals surface area contributed by atoms with Crippen LogP contribution in [0.3, 0.4) is 0 Å². The highest BCUT2D eigenvalue weighted by atomic mass is 35.5. The largest absolute Gasteiger partial charge is 0.497 e. The monoisotopic (exact) mass is 576 g/mol. The summed E-state index contributed by atoms with van der Waals surface area (Å²) in [5.41, 5.74) is 1.95. The summed E-state index contributed by atoms with van der Waals surface area (Å²) >= 11 is 0. The highest BCUT2D eigenvalue weighted by Gasteiger charge is 2.27. The van der Waals surface area contributed by atoms with E-state index in [2.05, 4.69) is 10.6 Å². The first kappa shape index (κ1) is 32.3. The van der Waals surface area contributed by atoms with Crippen molar-refractivity contribution >= 4 is 28.2 Å². The van der Waals surface area contributed by atoms with Crippen molar-refractivity contribution in [3.05, 3.63) is 96.1 Å². The zero-order chi connectivity index (χ0) is 27.4. The van der Waals surface area contributed by atoms with Crippen LogP contribution < -0.4 is 15.4 Å². The number of nitrogens with one attached hydrogen (secondary N) is 2. The Morgan fingerprint density at radius 3 is 2.21 bits per heavy atom. The van der Waals surface area contributed by atoms with Crippen molar-refractivity contribution in [2.75, 3.05) is 26.5 Å². The van der Waals surface area contributed by atoms with Crippen molar-refractivity contribution in [1.29, 1.82) is 0 Å². The lowest BCUT2D eigenvalue weighted by atomic mass is 10.0. The molecule has 3 aromatic carbocycles. The molecule has 0 aliphatic heterocycles. The molecule has 3 aromatic rings. The van der Waals surface area contributed by atoms with Gasteiger partial charge in [0, 0.05) is 20.2 Å². The predicted octanol–water partition coefficient (Wildman–Crippen LogP) is 3.17. The summed E-state index contributed by atoms with van der Waals surface area (Å²) in [5, 5.41) is 17.1. The molecule has 1 unspecified atom stereocenters. The molecule has 0 aliphatic carbocycles. The predicted molar refractivity (Wildman–Crippen MR) is 154 cm³/mol. The van der Waals surface area contributed by atoms with Gasteiger partial charge in [0.1, 0.15) is 11.9 Å². The van der Waals surface area contributed by atoms with Gasteiger partial charge in [0.15, 0.2) is 9.84 Å². The van der Waals surface area contributed by atoms with Crippen LogP contribution in [0.4, 0.5) is 0 Å². The van der Waals surface area contributed by atoms with Crippen LogP contribution in [0, 0.1) is 0 Å². The summed E-state index contributed by atoms with van der Waals surface area (Å²) in [7, 11) is -0.583. The van der Waals surface area contributed by atoms with Crippen molar-refractivity contribution in [2.24, 2.45) is 0 Å². The number of amides is 1. The quantitative estimate of drug-likeness (QED) is 0.255. The molecule has 0 bridgehead atoms. The lowest BCUT2D eigenvalue weighted by molar-refractivity contribution is -0.132. The van der Waals surface area contributed by atoms with E-state index < -0.39 is 34.0 Å². The second-order valence-electron chi connectivity index (χ2n) is 9.00. The zero-order valence-corrected chi connectivity index (χ0v) is 23.8. The van der Waals surface area contributed by atoms with Gasteiger partial charge < -0.3 is 25.2 Å². The molecule has 8 nitrogen and oxygen atoms in total. The van der Waals surface area contributed by atoms with Crippen molar-refractivity contribution in [2.45, 2.75) is 42.5 Å². The standard InChI is InChI=1S/C29H36N2O6S.ClH/c1-36-24-13-9-12-23(18-24)20-30-21-27(32)26(19-22-10-5-3-6-11-22)31-29(33)28(37-2)16-17-38(34,35)25-14-7-4-8-15-25;/h3-15,18,26-28,30,32H,16-17,19-21H2,1-2H3,(H,31,33);1H/t26-,27+,28?;/m0./s1. The third kappa shape index (κ3) is 10.3. The maximum absolute atomic E-state index is 13.1. The Labute approximate surface area is 237 Å². The van der Waals surface area contributed by atoms with Crippen LogP contribution in [0.1, 0.15) is 17.5 Å². The van der Waals surface area contributed by atoms with Gasteiger partial charge in [-0.15, -0.1) is 12.4 Å². The van der Waals surface area contributed by atoms with E-state index in [0.717, 1.165) is 16.9 Å². The van der Waals surface area contributed by atoms with Crippen LogP contribution in [0.5, 0.6) is 5.75 Å². The Kier molecular flexibility index (Phi) is 13.4. The highest BCUT2D eigenvalue weighted by molar-refractivity contribution is 7.91. The van der Waals surface area contributed by atoms with E-state index in [-0.39, 0.29) is 36.0 Å². The first-order valence-corrected chi connectivity index (χ1v) is 14.1. The molecule has 3 atom stereocenters. The highest BCUT2D eigenvalue weighted by Crippen LogP contribution is 2.15. The average molecular weight is 577 g/mol. The number of ether oxygens (including phenoxy) is 2. The second-order valence-corrected chi connectivity index (χ2v) is 11.1. The molecule has 39 heavy (non-hydrogen) atoms. The molecule has 0 radical (unpaired) electrons. The summed E-state index contributed by atoms with van der Waals surface area (Å²) in [6.07, 6.45) is -1.51. The summed E-state index contributed by atoms with van der Waals surface area (Å²) in [4.78, 5) is 13.3. The van der Waals surface area contributed by atoms with Crippen LogP contribution in [0.2, 0.25) is 0 Å². The number of carbonyl (C=O) groups excluding carboxylic acids is 1. The number of hydrogen-bond donors (Lipinski definition) is 3. The molecule has 3 rings (SSSR count). The van der Waals surface area contributed by atoms with E-state index in [9.17, 15) is 18.3 Å². The molecule has 0 heterocycles. The van der Waals surface area contributed by atoms with E-state index in [1.807, 2.05) is 54.6 Å². The van der Waals surface area contributed by atoms with Gasteiger partial charge in [-0.2, -0.15) is 0 Å². The smallest absolute Gasteiger partial charge is 0.249 e. The third-order valence-corrected chi connectivity index (χ3v) is 8.00. The SMILES string of the molecule is COc1cccc(CNC[C@@H](O)[C@H](Cc2ccccc2)NC(=O)C(CCS(=O)(=O)c2ccccc2)OC)c1.Cl. The molecule has 212 valence electrons. The number of rotatable bonds is 15. The molecular weight excluding hydrogens is 540 g/mol. The summed E-state index contributed by atoms with van der Waals surface area (Å²) in [5.74, 6) is 0.0409. The summed E-state index contributed by atoms with van der Waals surface area (Å²) in [6, 6.07) is 24.7. The minimum absolute atomic E-state index is 0. The van der Waals surface area contributed by atoms with Crippen molar-refractivity contribution in [1.82, 2.24) is 10.6 Å². The molecule has 0 aliphatic rings. The zero-order valence-electron chi connectivity index (χ0n) is 22.2. The topological polar surface area (TPSA) is 114 Å². The Balaban J connectivity index is 0.00000533. The fraction of sp³-hybridized carbons (Fsp3) is 0.345. The van der Waals surface area contributed by atoms with Gasteiger partial charge in [0.2, 0.25) is 5.91 Å². The number of aliphatic hydroxyl groups excluding tert-OH is 1. The minimum Gasteiger partial charge on any atom is -0.497 e. The number of hydrogen-bond acceptors (Lipinski definition) is 7. The van der Waals surface area contributed by atoms with Gasteiger partial charge in [0.25, 0.3) is 0 Å². The van der Waals surface area contributed by atoms with Gasteiger partial charge in [-0.3, -0.25) is 4.79 Å². The first-order valence-electron chi connectivity index (χ1n) is 12.5. The van der Waals surface area contributed by atoms with Gasteiger partial charge in [-0.25, -0.2) is 8.42 Å². The van der Waals surface area contributed by atoms with Gasteiger partial charge in [-0.05, 0) is 48.2 Å². The second kappa shape index (κ2) is 16.2. The Bertz CT molecular complexity index is 1240. The van der Waals surface area contributed by atoms with Crippen molar-refractivity contribution in [3.63, 3.8) is 0 Å². The van der Waals surface area contributed by atoms with E-state index in [1.54, 1.807) is 25.3 Å². The number of methoxy groups -OCH3 is 2. The van der Waals surface area contributed by atoms with E-state index in [1.165, 1.54) is 19.2 Å². The van der Waals surface area contributed by atoms with Crippen LogP contribution in [0.15, 0.2) is 89.8 Å². The van der Waals surface area contributed by atoms with Gasteiger partial charge in [0.05, 0.1) is 29.9 Å². The Morgan fingerprint density at radius 2 is 1.56 bits per heavy atom. The summed E-state index contributed by atoms with van der Waals surface area (Å²) < 4.78 is 36.0. The molecule has 0 aromatic heterocycles. The fourth-order valence-electron chi connectivity index (χ4n) is 4.08. The molecule has 0 saturated carbocycles. The number of carbonyl (C=O) groups is 1. The van der Waals surface area contributed by atoms with Crippen LogP contribution in [-0.2, 0) is 32.3 Å². The maximum Gasteiger partial charge on any atom is 0.249 e. The fourth-order valence-corrected chi connectivity index (χ4v) is 5.41. The normalized spacial score (nSPS) is 13.5. The number of aliphatic hydroxyl groups is 1. The molecule has 0 spiro atoms. The lowest BCUT2D eigenvalue weighted by Gasteiger charge is -2.27. The molecule has 3 N–H and O–H groups in total. The van der Waals surface area contributed by atoms with Crippen molar-refractivity contribution < 1.29 is 27.8 Å². The first-order chi connectivity index (χ1) is 18.3. The van der Waals surface area contributed by atoms with Crippen LogP contribution >= 0.6 is 12.4 Å². The van der Waals surface area contributed by atoms with Crippen molar-refractivity contribution in [3.8, 4) is 5.75 Å². The molecule has 10 heteroatoms. The maximum atomic E-state index is 13.1. The Morgan fingerprint density at radius 1 is 0.923 bits per heavy atom. The van der Waals surface area contributed by atoms with E-state index in [4.69, 9.17) is 9.47 Å². The van der Waals surface area contributed by atoms with E-state index >= 15 is 0 Å². The summed E-state index contributed by atoms with van der Waals surface area (Å²) in [6.45, 7) is 0.743. The van der Waals surface area contributed by atoms with E-state index in [0.29, 0.717) is 13.0 Å². The van der Waals surface area contributed by atoms with Gasteiger partial charge >= 0.3 is 0 Å². The minimum atomic E-state index is -3.56. The molecule has 1 amide bonds. The van der Waals surface area contributed by atoms with Crippen LogP contribution in [-0.4, -0.2) is 64.2 Å². The molecule has 0 fully saturated rings. The third-order valence-electron chi connectivity index (χ3n) is 6.24. The van der Waals surface area contributed by atoms with Crippen LogP contribution in [0.25, 0.3) is 0 Å². The number of benzene rings is 3.